The third-order valence-electron chi connectivity index (χ3n) is 3.25. The molecule has 3 nitrogen and oxygen atoms in total. The molecule has 0 N–H and O–H groups in total. The van der Waals surface area contributed by atoms with Gasteiger partial charge in [0.1, 0.15) is 12.4 Å². The zero-order chi connectivity index (χ0) is 14.5. The smallest absolute Gasteiger partial charge is 0.240 e. The number of rotatable bonds is 4. The molecule has 0 atom stereocenters. The highest BCUT2D eigenvalue weighted by atomic mass is 16.5. The Morgan fingerprint density at radius 1 is 1.10 bits per heavy atom. The predicted octanol–water partition coefficient (Wildman–Crippen LogP) is 4.16. The number of hydrogen-bond donors (Lipinski definition) is 0. The van der Waals surface area contributed by atoms with Crippen molar-refractivity contribution >= 4 is 11.8 Å². The van der Waals surface area contributed by atoms with E-state index in [1.807, 2.05) is 38.1 Å². The van der Waals surface area contributed by atoms with Crippen molar-refractivity contribution in [1.82, 2.24) is 0 Å². The number of hydrogen-bond acceptors (Lipinski definition) is 3. The van der Waals surface area contributed by atoms with Gasteiger partial charge in [-0.2, -0.15) is 4.99 Å². The van der Waals surface area contributed by atoms with E-state index in [9.17, 15) is 4.79 Å². The number of isocyanates is 1. The predicted molar refractivity (Wildman–Crippen MR) is 79.2 cm³/mol. The van der Waals surface area contributed by atoms with Gasteiger partial charge >= 0.3 is 0 Å². The molecule has 2 rings (SSSR count). The standard InChI is InChI=1S/C17H17NO2/c1-12-7-8-17(14(3)9-12)20-10-15-13(2)5-4-6-16(15)18-11-19/h4-9H,10H2,1-3H3. The van der Waals surface area contributed by atoms with E-state index >= 15 is 0 Å². The second-order valence-corrected chi connectivity index (χ2v) is 4.83. The van der Waals surface area contributed by atoms with E-state index in [1.54, 1.807) is 12.1 Å². The van der Waals surface area contributed by atoms with Crippen LogP contribution in [0.4, 0.5) is 5.69 Å². The Morgan fingerprint density at radius 2 is 1.90 bits per heavy atom. The second kappa shape index (κ2) is 6.18. The molecule has 0 aliphatic rings. The summed E-state index contributed by atoms with van der Waals surface area (Å²) in [6.07, 6.45) is 1.59. The molecule has 0 saturated carbocycles. The first-order chi connectivity index (χ1) is 9.61. The maximum atomic E-state index is 10.5. The van der Waals surface area contributed by atoms with Crippen LogP contribution in [-0.2, 0) is 11.4 Å². The number of ether oxygens (including phenoxy) is 1. The molecule has 102 valence electrons. The van der Waals surface area contributed by atoms with Crippen molar-refractivity contribution in [2.45, 2.75) is 27.4 Å². The molecule has 0 radical (unpaired) electrons. The summed E-state index contributed by atoms with van der Waals surface area (Å²) in [5.41, 5.74) is 4.88. The van der Waals surface area contributed by atoms with Crippen LogP contribution in [0, 0.1) is 20.8 Å². The Balaban J connectivity index is 2.24. The number of nitrogens with zero attached hydrogens (tertiary/aromatic N) is 1. The average Bonchev–Trinajstić information content (AvgIpc) is 2.40. The third-order valence-corrected chi connectivity index (χ3v) is 3.25. The molecule has 0 fully saturated rings. The lowest BCUT2D eigenvalue weighted by Gasteiger charge is -2.12. The van der Waals surface area contributed by atoms with Gasteiger partial charge < -0.3 is 4.74 Å². The molecule has 0 aliphatic heterocycles. The number of aliphatic imine (C=N–C) groups is 1. The lowest BCUT2D eigenvalue weighted by molar-refractivity contribution is 0.304. The summed E-state index contributed by atoms with van der Waals surface area (Å²) < 4.78 is 5.86. The molecule has 0 spiro atoms. The zero-order valence-electron chi connectivity index (χ0n) is 11.9. The normalized spacial score (nSPS) is 9.95. The Hall–Kier alpha value is -2.38. The molecule has 0 saturated heterocycles. The molecule has 2 aromatic carbocycles. The van der Waals surface area contributed by atoms with Gasteiger partial charge in [0.05, 0.1) is 5.69 Å². The van der Waals surface area contributed by atoms with Gasteiger partial charge in [0.2, 0.25) is 6.08 Å². The molecule has 0 aliphatic carbocycles. The second-order valence-electron chi connectivity index (χ2n) is 4.83. The maximum Gasteiger partial charge on any atom is 0.240 e. The van der Waals surface area contributed by atoms with Gasteiger partial charge in [0, 0.05) is 5.56 Å². The first kappa shape index (κ1) is 14.0. The summed E-state index contributed by atoms with van der Waals surface area (Å²) in [5, 5.41) is 0. The van der Waals surface area contributed by atoms with Crippen LogP contribution < -0.4 is 4.74 Å². The minimum atomic E-state index is 0.386. The maximum absolute atomic E-state index is 10.5. The lowest BCUT2D eigenvalue weighted by Crippen LogP contribution is -2.00. The third kappa shape index (κ3) is 3.14. The van der Waals surface area contributed by atoms with E-state index in [0.717, 1.165) is 22.4 Å². The first-order valence-electron chi connectivity index (χ1n) is 6.48. The van der Waals surface area contributed by atoms with Crippen molar-refractivity contribution in [2.24, 2.45) is 4.99 Å². The van der Waals surface area contributed by atoms with E-state index in [1.165, 1.54) is 5.56 Å². The van der Waals surface area contributed by atoms with E-state index < -0.39 is 0 Å². The van der Waals surface area contributed by atoms with Crippen LogP contribution in [0.2, 0.25) is 0 Å². The van der Waals surface area contributed by atoms with Gasteiger partial charge in [0.25, 0.3) is 0 Å². The van der Waals surface area contributed by atoms with Crippen molar-refractivity contribution in [3.05, 3.63) is 58.7 Å². The highest BCUT2D eigenvalue weighted by molar-refractivity contribution is 5.56. The van der Waals surface area contributed by atoms with Crippen LogP contribution in [0.5, 0.6) is 5.75 Å². The van der Waals surface area contributed by atoms with Crippen molar-refractivity contribution in [2.75, 3.05) is 0 Å². The van der Waals surface area contributed by atoms with E-state index in [-0.39, 0.29) is 0 Å². The zero-order valence-corrected chi connectivity index (χ0v) is 11.9. The fraction of sp³-hybridized carbons (Fsp3) is 0.235. The van der Waals surface area contributed by atoms with Crippen molar-refractivity contribution in [1.29, 1.82) is 0 Å². The highest BCUT2D eigenvalue weighted by Crippen LogP contribution is 2.25. The van der Waals surface area contributed by atoms with Gasteiger partial charge in [0.15, 0.2) is 0 Å². The quantitative estimate of drug-likeness (QED) is 0.616. The molecular weight excluding hydrogens is 250 g/mol. The van der Waals surface area contributed by atoms with Crippen molar-refractivity contribution < 1.29 is 9.53 Å². The van der Waals surface area contributed by atoms with Gasteiger partial charge in [-0.25, -0.2) is 4.79 Å². The minimum absolute atomic E-state index is 0.386. The highest BCUT2D eigenvalue weighted by Gasteiger charge is 2.07. The monoisotopic (exact) mass is 267 g/mol. The van der Waals surface area contributed by atoms with E-state index in [4.69, 9.17) is 4.74 Å². The Bertz CT molecular complexity index is 671. The molecule has 0 heterocycles. The van der Waals surface area contributed by atoms with Crippen LogP contribution in [-0.4, -0.2) is 6.08 Å². The van der Waals surface area contributed by atoms with Gasteiger partial charge in [-0.15, -0.1) is 0 Å². The van der Waals surface area contributed by atoms with E-state index in [2.05, 4.69) is 18.0 Å². The van der Waals surface area contributed by atoms with Crippen molar-refractivity contribution in [3.8, 4) is 5.75 Å². The fourth-order valence-corrected chi connectivity index (χ4v) is 2.14. The average molecular weight is 267 g/mol. The molecule has 0 unspecified atom stereocenters. The molecule has 0 amide bonds. The van der Waals surface area contributed by atoms with Crippen LogP contribution in [0.15, 0.2) is 41.4 Å². The van der Waals surface area contributed by atoms with Crippen LogP contribution in [0.25, 0.3) is 0 Å². The molecule has 0 aromatic heterocycles. The van der Waals surface area contributed by atoms with Crippen LogP contribution in [0.3, 0.4) is 0 Å². The number of aryl methyl sites for hydroxylation is 3. The topological polar surface area (TPSA) is 38.7 Å². The summed E-state index contributed by atoms with van der Waals surface area (Å²) in [4.78, 5) is 14.2. The largest absolute Gasteiger partial charge is 0.489 e. The molecule has 2 aromatic rings. The lowest BCUT2D eigenvalue weighted by atomic mass is 10.1. The fourth-order valence-electron chi connectivity index (χ4n) is 2.14. The Morgan fingerprint density at radius 3 is 2.60 bits per heavy atom. The minimum Gasteiger partial charge on any atom is -0.489 e. The molecular formula is C17H17NO2. The van der Waals surface area contributed by atoms with Crippen molar-refractivity contribution in [3.63, 3.8) is 0 Å². The van der Waals surface area contributed by atoms with Gasteiger partial charge in [-0.3, -0.25) is 0 Å². The summed E-state index contributed by atoms with van der Waals surface area (Å²) in [5.74, 6) is 0.847. The first-order valence-corrected chi connectivity index (χ1v) is 6.48. The number of benzene rings is 2. The van der Waals surface area contributed by atoms with Gasteiger partial charge in [-0.1, -0.05) is 29.8 Å². The van der Waals surface area contributed by atoms with E-state index in [0.29, 0.717) is 12.3 Å². The Labute approximate surface area is 118 Å². The van der Waals surface area contributed by atoms with Crippen LogP contribution in [0.1, 0.15) is 22.3 Å². The number of carbonyl (C=O) groups excluding carboxylic acids is 1. The summed E-state index contributed by atoms with van der Waals surface area (Å²) in [6, 6.07) is 11.7. The Kier molecular flexibility index (Phi) is 4.34. The molecule has 20 heavy (non-hydrogen) atoms. The summed E-state index contributed by atoms with van der Waals surface area (Å²) in [7, 11) is 0. The SMILES string of the molecule is Cc1ccc(OCc2c(C)cccc2N=C=O)c(C)c1. The summed E-state index contributed by atoms with van der Waals surface area (Å²) in [6.45, 7) is 6.43. The molecule has 3 heteroatoms. The molecule has 0 bridgehead atoms. The summed E-state index contributed by atoms with van der Waals surface area (Å²) >= 11 is 0. The van der Waals surface area contributed by atoms with Gasteiger partial charge in [-0.05, 0) is 44.0 Å². The van der Waals surface area contributed by atoms with Crippen LogP contribution >= 0.6 is 0 Å².